The second-order valence-electron chi connectivity index (χ2n) is 7.24. The zero-order chi connectivity index (χ0) is 24.0. The number of anilines is 1. The number of aryl methyl sites for hydroxylation is 1. The molecule has 3 rings (SSSR count). The first kappa shape index (κ1) is 23.9. The summed E-state index contributed by atoms with van der Waals surface area (Å²) in [6.07, 6.45) is 0. The summed E-state index contributed by atoms with van der Waals surface area (Å²) in [7, 11) is -2.66. The van der Waals surface area contributed by atoms with Gasteiger partial charge in [-0.05, 0) is 61.4 Å². The lowest BCUT2D eigenvalue weighted by atomic mass is 10.1. The topological polar surface area (TPSA) is 88.1 Å². The maximum atomic E-state index is 13.5. The summed E-state index contributed by atoms with van der Waals surface area (Å²) in [6.45, 7) is 2.93. The Morgan fingerprint density at radius 3 is 2.36 bits per heavy atom. The number of nitrogens with one attached hydrogen (secondary N) is 1. The number of benzene rings is 3. The van der Waals surface area contributed by atoms with Gasteiger partial charge in [-0.1, -0.05) is 36.4 Å². The van der Waals surface area contributed by atoms with Gasteiger partial charge in [-0.2, -0.15) is 5.10 Å². The Morgan fingerprint density at radius 2 is 1.73 bits per heavy atom. The molecule has 0 fully saturated rings. The molecule has 1 amide bonds. The van der Waals surface area contributed by atoms with Crippen molar-refractivity contribution in [3.05, 3.63) is 89.7 Å². The van der Waals surface area contributed by atoms with Crippen LogP contribution in [0.5, 0.6) is 5.75 Å². The van der Waals surface area contributed by atoms with Crippen LogP contribution in [0.1, 0.15) is 18.1 Å². The molecule has 3 aromatic rings. The van der Waals surface area contributed by atoms with E-state index in [1.54, 1.807) is 43.3 Å². The van der Waals surface area contributed by atoms with Gasteiger partial charge in [-0.15, -0.1) is 0 Å². The number of carbonyl (C=O) groups is 1. The third kappa shape index (κ3) is 5.75. The number of hydrogen-bond donors (Lipinski definition) is 1. The van der Waals surface area contributed by atoms with Gasteiger partial charge >= 0.3 is 0 Å². The van der Waals surface area contributed by atoms with Crippen LogP contribution in [0.25, 0.3) is 0 Å². The van der Waals surface area contributed by atoms with Gasteiger partial charge in [0.1, 0.15) is 18.1 Å². The summed E-state index contributed by atoms with van der Waals surface area (Å²) in [6, 6.07) is 18.5. The highest BCUT2D eigenvalue weighted by molar-refractivity contribution is 7.92. The predicted octanol–water partition coefficient (Wildman–Crippen LogP) is 3.88. The number of carbonyl (C=O) groups excluding carboxylic acids is 1. The largest absolute Gasteiger partial charge is 0.495 e. The molecule has 0 radical (unpaired) electrons. The average molecular weight is 470 g/mol. The van der Waals surface area contributed by atoms with Crippen LogP contribution >= 0.6 is 0 Å². The molecule has 1 N–H and O–H groups in total. The van der Waals surface area contributed by atoms with E-state index in [-0.39, 0.29) is 16.4 Å². The molecule has 0 aromatic heterocycles. The maximum absolute atomic E-state index is 13.5. The number of sulfonamides is 1. The molecule has 33 heavy (non-hydrogen) atoms. The van der Waals surface area contributed by atoms with E-state index in [1.807, 2.05) is 6.92 Å². The Hall–Kier alpha value is -3.72. The molecule has 0 aliphatic carbocycles. The highest BCUT2D eigenvalue weighted by Gasteiger charge is 2.29. The predicted molar refractivity (Wildman–Crippen MR) is 125 cm³/mol. The summed E-state index contributed by atoms with van der Waals surface area (Å²) in [4.78, 5) is 12.8. The quantitative estimate of drug-likeness (QED) is 0.401. The fourth-order valence-electron chi connectivity index (χ4n) is 3.08. The van der Waals surface area contributed by atoms with Gasteiger partial charge in [-0.3, -0.25) is 9.10 Å². The van der Waals surface area contributed by atoms with Crippen molar-refractivity contribution in [3.63, 3.8) is 0 Å². The second-order valence-corrected chi connectivity index (χ2v) is 9.10. The highest BCUT2D eigenvalue weighted by atomic mass is 32.2. The van der Waals surface area contributed by atoms with E-state index in [0.29, 0.717) is 17.0 Å². The minimum atomic E-state index is -4.09. The molecule has 7 nitrogen and oxygen atoms in total. The van der Waals surface area contributed by atoms with Crippen molar-refractivity contribution >= 4 is 27.3 Å². The van der Waals surface area contributed by atoms with Crippen LogP contribution in [0, 0.1) is 12.7 Å². The third-order valence-corrected chi connectivity index (χ3v) is 6.61. The number of halogens is 1. The molecule has 3 aromatic carbocycles. The lowest BCUT2D eigenvalue weighted by molar-refractivity contribution is -0.119. The number of methoxy groups -OCH3 is 1. The van der Waals surface area contributed by atoms with E-state index in [0.717, 1.165) is 9.87 Å². The van der Waals surface area contributed by atoms with Gasteiger partial charge in [0.2, 0.25) is 0 Å². The van der Waals surface area contributed by atoms with Gasteiger partial charge in [0.25, 0.3) is 15.9 Å². The molecule has 0 bridgehead atoms. The van der Waals surface area contributed by atoms with Crippen LogP contribution in [0.2, 0.25) is 0 Å². The Kier molecular flexibility index (Phi) is 7.44. The maximum Gasteiger partial charge on any atom is 0.264 e. The molecule has 0 atom stereocenters. The molecule has 0 spiro atoms. The molecular weight excluding hydrogens is 445 g/mol. The molecular formula is C24H24FN3O4S. The van der Waals surface area contributed by atoms with Crippen molar-refractivity contribution in [2.24, 2.45) is 5.10 Å². The van der Waals surface area contributed by atoms with E-state index in [1.165, 1.54) is 43.5 Å². The first-order valence-corrected chi connectivity index (χ1v) is 11.5. The number of hydrazone groups is 1. The van der Waals surface area contributed by atoms with Gasteiger partial charge in [-0.25, -0.2) is 18.2 Å². The van der Waals surface area contributed by atoms with Crippen molar-refractivity contribution in [2.45, 2.75) is 18.7 Å². The van der Waals surface area contributed by atoms with Gasteiger partial charge in [0.15, 0.2) is 0 Å². The van der Waals surface area contributed by atoms with Crippen LogP contribution in [-0.2, 0) is 14.8 Å². The summed E-state index contributed by atoms with van der Waals surface area (Å²) in [5.74, 6) is -0.733. The van der Waals surface area contributed by atoms with Crippen LogP contribution in [0.3, 0.4) is 0 Å². The normalized spacial score (nSPS) is 11.7. The van der Waals surface area contributed by atoms with Crippen molar-refractivity contribution in [1.29, 1.82) is 0 Å². The monoisotopic (exact) mass is 469 g/mol. The first-order chi connectivity index (χ1) is 15.7. The van der Waals surface area contributed by atoms with Crippen molar-refractivity contribution in [1.82, 2.24) is 5.43 Å². The first-order valence-electron chi connectivity index (χ1n) is 10.0. The van der Waals surface area contributed by atoms with E-state index in [2.05, 4.69) is 10.5 Å². The Morgan fingerprint density at radius 1 is 1.06 bits per heavy atom. The summed E-state index contributed by atoms with van der Waals surface area (Å²) in [5, 5.41) is 4.03. The Bertz CT molecular complexity index is 1260. The van der Waals surface area contributed by atoms with E-state index >= 15 is 0 Å². The van der Waals surface area contributed by atoms with E-state index in [4.69, 9.17) is 4.74 Å². The van der Waals surface area contributed by atoms with Gasteiger partial charge in [0, 0.05) is 0 Å². The zero-order valence-corrected chi connectivity index (χ0v) is 19.3. The molecule has 0 unspecified atom stereocenters. The van der Waals surface area contributed by atoms with Crippen LogP contribution in [-0.4, -0.2) is 33.7 Å². The number of ether oxygens (including phenoxy) is 1. The minimum absolute atomic E-state index is 0.0346. The van der Waals surface area contributed by atoms with Crippen LogP contribution in [0.4, 0.5) is 10.1 Å². The Labute approximate surface area is 192 Å². The summed E-state index contributed by atoms with van der Waals surface area (Å²) in [5.41, 5.74) is 4.46. The summed E-state index contributed by atoms with van der Waals surface area (Å²) >= 11 is 0. The second kappa shape index (κ2) is 10.3. The fraction of sp³-hybridized carbons (Fsp3) is 0.167. The molecule has 0 aliphatic rings. The average Bonchev–Trinajstić information content (AvgIpc) is 2.82. The van der Waals surface area contributed by atoms with Gasteiger partial charge < -0.3 is 4.74 Å². The van der Waals surface area contributed by atoms with E-state index < -0.39 is 22.5 Å². The van der Waals surface area contributed by atoms with E-state index in [9.17, 15) is 17.6 Å². The lowest BCUT2D eigenvalue weighted by Crippen LogP contribution is -2.40. The molecule has 172 valence electrons. The Balaban J connectivity index is 1.93. The fourth-order valence-corrected chi connectivity index (χ4v) is 4.53. The smallest absolute Gasteiger partial charge is 0.264 e. The van der Waals surface area contributed by atoms with Crippen LogP contribution < -0.4 is 14.5 Å². The van der Waals surface area contributed by atoms with Crippen molar-refractivity contribution in [3.8, 4) is 5.75 Å². The van der Waals surface area contributed by atoms with Gasteiger partial charge in [0.05, 0.1) is 23.4 Å². The van der Waals surface area contributed by atoms with Crippen molar-refractivity contribution in [2.75, 3.05) is 18.0 Å². The lowest BCUT2D eigenvalue weighted by Gasteiger charge is -2.25. The molecule has 9 heteroatoms. The number of amides is 1. The number of nitrogens with zero attached hydrogens (tertiary/aromatic N) is 2. The van der Waals surface area contributed by atoms with Crippen LogP contribution in [0.15, 0.2) is 82.8 Å². The minimum Gasteiger partial charge on any atom is -0.495 e. The molecule has 0 aliphatic heterocycles. The SMILES string of the molecule is COc1ccc(C)cc1N(CC(=O)N/N=C(/C)c1ccc(F)cc1)S(=O)(=O)c1ccccc1. The zero-order valence-electron chi connectivity index (χ0n) is 18.4. The molecule has 0 heterocycles. The molecule has 0 saturated carbocycles. The number of rotatable bonds is 8. The summed E-state index contributed by atoms with van der Waals surface area (Å²) < 4.78 is 46.4. The van der Waals surface area contributed by atoms with Crippen molar-refractivity contribution < 1.29 is 22.3 Å². The third-order valence-electron chi connectivity index (χ3n) is 4.83. The standard InChI is InChI=1S/C24H24FN3O4S/c1-17-9-14-23(32-3)22(15-17)28(33(30,31)21-7-5-4-6-8-21)16-24(29)27-26-18(2)19-10-12-20(25)13-11-19/h4-15H,16H2,1-3H3,(H,27,29)/b26-18-. The molecule has 0 saturated heterocycles. The highest BCUT2D eigenvalue weighted by Crippen LogP contribution is 2.33. The number of hydrogen-bond acceptors (Lipinski definition) is 5.